The van der Waals surface area contributed by atoms with Gasteiger partial charge in [0.1, 0.15) is 10.7 Å². The van der Waals surface area contributed by atoms with Crippen molar-refractivity contribution in [2.75, 3.05) is 0 Å². The molecule has 7 heteroatoms. The molecule has 0 spiro atoms. The standard InChI is InChI=1S/C7H9FN2O2S.ClH/c8-6-3-5(4-9)1-2-7(6)13(10,11)12;/h1-3H,4,9H2,(H2,10,11,12);1H. The van der Waals surface area contributed by atoms with Gasteiger partial charge in [-0.3, -0.25) is 0 Å². The van der Waals surface area contributed by atoms with Crippen LogP contribution in [0.3, 0.4) is 0 Å². The minimum atomic E-state index is -3.97. The first-order chi connectivity index (χ1) is 5.95. The van der Waals surface area contributed by atoms with E-state index in [1.54, 1.807) is 0 Å². The van der Waals surface area contributed by atoms with Crippen molar-refractivity contribution in [1.29, 1.82) is 0 Å². The molecule has 0 radical (unpaired) electrons. The Morgan fingerprint density at radius 1 is 1.36 bits per heavy atom. The lowest BCUT2D eigenvalue weighted by Crippen LogP contribution is -2.14. The molecule has 14 heavy (non-hydrogen) atoms. The van der Waals surface area contributed by atoms with Gasteiger partial charge < -0.3 is 5.73 Å². The molecule has 1 aromatic carbocycles. The zero-order valence-corrected chi connectivity index (χ0v) is 8.74. The van der Waals surface area contributed by atoms with Gasteiger partial charge in [-0.05, 0) is 17.7 Å². The van der Waals surface area contributed by atoms with E-state index in [4.69, 9.17) is 10.9 Å². The van der Waals surface area contributed by atoms with Gasteiger partial charge in [-0.15, -0.1) is 12.4 Å². The van der Waals surface area contributed by atoms with E-state index in [0.29, 0.717) is 5.56 Å². The van der Waals surface area contributed by atoms with Gasteiger partial charge >= 0.3 is 0 Å². The molecule has 0 unspecified atom stereocenters. The van der Waals surface area contributed by atoms with Crippen molar-refractivity contribution in [3.8, 4) is 0 Å². The van der Waals surface area contributed by atoms with E-state index >= 15 is 0 Å². The van der Waals surface area contributed by atoms with Crippen molar-refractivity contribution in [2.24, 2.45) is 10.9 Å². The Hall–Kier alpha value is -0.690. The fourth-order valence-corrected chi connectivity index (χ4v) is 1.49. The Kier molecular flexibility index (Phi) is 4.47. The maximum absolute atomic E-state index is 13.0. The SMILES string of the molecule is Cl.NCc1ccc(S(N)(=O)=O)c(F)c1. The third kappa shape index (κ3) is 2.91. The summed E-state index contributed by atoms with van der Waals surface area (Å²) in [5.41, 5.74) is 5.75. The number of benzene rings is 1. The highest BCUT2D eigenvalue weighted by molar-refractivity contribution is 7.89. The average Bonchev–Trinajstić information content (AvgIpc) is 2.01. The van der Waals surface area contributed by atoms with E-state index in [1.807, 2.05) is 0 Å². The Labute approximate surface area is 87.6 Å². The van der Waals surface area contributed by atoms with E-state index in [-0.39, 0.29) is 19.0 Å². The van der Waals surface area contributed by atoms with Gasteiger partial charge in [0.05, 0.1) is 0 Å². The van der Waals surface area contributed by atoms with Crippen LogP contribution in [0.5, 0.6) is 0 Å². The lowest BCUT2D eigenvalue weighted by Gasteiger charge is -2.01. The Morgan fingerprint density at radius 3 is 2.29 bits per heavy atom. The fraction of sp³-hybridized carbons (Fsp3) is 0.143. The third-order valence-corrected chi connectivity index (χ3v) is 2.48. The molecule has 0 fully saturated rings. The smallest absolute Gasteiger partial charge is 0.240 e. The van der Waals surface area contributed by atoms with E-state index in [9.17, 15) is 12.8 Å². The van der Waals surface area contributed by atoms with Crippen molar-refractivity contribution >= 4 is 22.4 Å². The van der Waals surface area contributed by atoms with Gasteiger partial charge in [0.15, 0.2) is 0 Å². The van der Waals surface area contributed by atoms with Gasteiger partial charge in [-0.1, -0.05) is 6.07 Å². The summed E-state index contributed by atoms with van der Waals surface area (Å²) in [4.78, 5) is -0.510. The molecule has 0 saturated carbocycles. The number of hydrogen-bond acceptors (Lipinski definition) is 3. The van der Waals surface area contributed by atoms with E-state index in [0.717, 1.165) is 12.1 Å². The Balaban J connectivity index is 0.00000169. The molecule has 0 aliphatic carbocycles. The van der Waals surface area contributed by atoms with Crippen LogP contribution in [0, 0.1) is 5.82 Å². The predicted octanol–water partition coefficient (Wildman–Crippen LogP) is 0.354. The van der Waals surface area contributed by atoms with Crippen LogP contribution in [-0.2, 0) is 16.6 Å². The quantitative estimate of drug-likeness (QED) is 0.782. The molecule has 0 aromatic heterocycles. The molecule has 1 rings (SSSR count). The fourth-order valence-electron chi connectivity index (χ4n) is 0.902. The number of halogens is 2. The van der Waals surface area contributed by atoms with Crippen LogP contribution in [0.2, 0.25) is 0 Å². The first-order valence-corrected chi connectivity index (χ1v) is 5.01. The van der Waals surface area contributed by atoms with E-state index < -0.39 is 20.7 Å². The van der Waals surface area contributed by atoms with Crippen LogP contribution < -0.4 is 10.9 Å². The van der Waals surface area contributed by atoms with Crippen LogP contribution in [0.15, 0.2) is 23.1 Å². The van der Waals surface area contributed by atoms with Crippen molar-refractivity contribution in [1.82, 2.24) is 0 Å². The third-order valence-electron chi connectivity index (χ3n) is 1.54. The first kappa shape index (κ1) is 13.3. The van der Waals surface area contributed by atoms with Crippen LogP contribution in [0.1, 0.15) is 5.56 Å². The highest BCUT2D eigenvalue weighted by Crippen LogP contribution is 2.13. The summed E-state index contributed by atoms with van der Waals surface area (Å²) in [5.74, 6) is -0.870. The van der Waals surface area contributed by atoms with Gasteiger partial charge in [0.25, 0.3) is 0 Å². The number of nitrogens with two attached hydrogens (primary N) is 2. The number of primary sulfonamides is 1. The summed E-state index contributed by atoms with van der Waals surface area (Å²) in [6, 6.07) is 3.58. The largest absolute Gasteiger partial charge is 0.326 e. The molecule has 0 bridgehead atoms. The summed E-state index contributed by atoms with van der Waals surface area (Å²) in [7, 11) is -3.97. The van der Waals surface area contributed by atoms with Crippen molar-refractivity contribution < 1.29 is 12.8 Å². The normalized spacial score (nSPS) is 10.8. The van der Waals surface area contributed by atoms with Crippen LogP contribution in [-0.4, -0.2) is 8.42 Å². The maximum Gasteiger partial charge on any atom is 0.240 e. The molecule has 1 aromatic rings. The number of hydrogen-bond donors (Lipinski definition) is 2. The molecule has 0 amide bonds. The van der Waals surface area contributed by atoms with Crippen LogP contribution >= 0.6 is 12.4 Å². The molecule has 80 valence electrons. The molecule has 4 nitrogen and oxygen atoms in total. The second-order valence-electron chi connectivity index (χ2n) is 2.51. The van der Waals surface area contributed by atoms with Gasteiger partial charge in [0.2, 0.25) is 10.0 Å². The second-order valence-corrected chi connectivity index (χ2v) is 4.04. The van der Waals surface area contributed by atoms with E-state index in [1.165, 1.54) is 6.07 Å². The van der Waals surface area contributed by atoms with E-state index in [2.05, 4.69) is 0 Å². The zero-order chi connectivity index (χ0) is 10.1. The summed E-state index contributed by atoms with van der Waals surface area (Å²) in [6.45, 7) is 0.155. The molecular formula is C7H10ClFN2O2S. The van der Waals surface area contributed by atoms with Crippen molar-refractivity contribution in [2.45, 2.75) is 11.4 Å². The average molecular weight is 241 g/mol. The topological polar surface area (TPSA) is 86.2 Å². The summed E-state index contributed by atoms with van der Waals surface area (Å²) in [5, 5.41) is 4.75. The predicted molar refractivity (Wildman–Crippen MR) is 52.9 cm³/mol. The van der Waals surface area contributed by atoms with Gasteiger partial charge in [-0.25, -0.2) is 17.9 Å². The summed E-state index contributed by atoms with van der Waals surface area (Å²) in [6.07, 6.45) is 0. The second kappa shape index (κ2) is 4.70. The molecule has 0 aliphatic heterocycles. The highest BCUT2D eigenvalue weighted by atomic mass is 35.5. The molecule has 0 heterocycles. The summed E-state index contributed by atoms with van der Waals surface area (Å²) < 4.78 is 34.5. The molecular weight excluding hydrogens is 231 g/mol. The van der Waals surface area contributed by atoms with Crippen LogP contribution in [0.25, 0.3) is 0 Å². The summed E-state index contributed by atoms with van der Waals surface area (Å²) >= 11 is 0. The first-order valence-electron chi connectivity index (χ1n) is 3.46. The number of sulfonamides is 1. The highest BCUT2D eigenvalue weighted by Gasteiger charge is 2.13. The van der Waals surface area contributed by atoms with Crippen molar-refractivity contribution in [3.05, 3.63) is 29.6 Å². The van der Waals surface area contributed by atoms with Crippen molar-refractivity contribution in [3.63, 3.8) is 0 Å². The Bertz CT molecular complexity index is 422. The molecule has 0 aliphatic rings. The zero-order valence-electron chi connectivity index (χ0n) is 7.10. The minimum Gasteiger partial charge on any atom is -0.326 e. The lowest BCUT2D eigenvalue weighted by atomic mass is 10.2. The monoisotopic (exact) mass is 240 g/mol. The Morgan fingerprint density at radius 2 is 1.93 bits per heavy atom. The van der Waals surface area contributed by atoms with Gasteiger partial charge in [0, 0.05) is 6.54 Å². The number of rotatable bonds is 2. The molecule has 0 saturated heterocycles. The molecule has 4 N–H and O–H groups in total. The van der Waals surface area contributed by atoms with Crippen LogP contribution in [0.4, 0.5) is 4.39 Å². The maximum atomic E-state index is 13.0. The minimum absolute atomic E-state index is 0. The molecule has 0 atom stereocenters. The van der Waals surface area contributed by atoms with Gasteiger partial charge in [-0.2, -0.15) is 0 Å². The lowest BCUT2D eigenvalue weighted by molar-refractivity contribution is 0.567.